The van der Waals surface area contributed by atoms with E-state index in [2.05, 4.69) is 11.4 Å². The van der Waals surface area contributed by atoms with Gasteiger partial charge in [-0.2, -0.15) is 0 Å². The molecule has 2 aromatic carbocycles. The minimum absolute atomic E-state index is 0.0614. The van der Waals surface area contributed by atoms with Crippen molar-refractivity contribution in [2.45, 2.75) is 20.1 Å². The standard InChI is InChI=1S/C15H16ClNO/c1-11-5-6-12(8-15(11)16)9-17-14-4-2-3-13(7-14)10-18/h2-8,17-18H,9-10H2,1H3. The maximum absolute atomic E-state index is 9.07. The van der Waals surface area contributed by atoms with Gasteiger partial charge in [-0.25, -0.2) is 0 Å². The molecule has 0 amide bonds. The lowest BCUT2D eigenvalue weighted by Crippen LogP contribution is -2.00. The predicted octanol–water partition coefficient (Wildman–Crippen LogP) is 3.75. The Morgan fingerprint density at radius 3 is 2.67 bits per heavy atom. The van der Waals surface area contributed by atoms with Crippen molar-refractivity contribution in [3.05, 3.63) is 64.2 Å². The van der Waals surface area contributed by atoms with Gasteiger partial charge < -0.3 is 10.4 Å². The fourth-order valence-corrected chi connectivity index (χ4v) is 1.93. The van der Waals surface area contributed by atoms with E-state index < -0.39 is 0 Å². The number of hydrogen-bond donors (Lipinski definition) is 2. The highest BCUT2D eigenvalue weighted by Gasteiger charge is 1.99. The van der Waals surface area contributed by atoms with Crippen LogP contribution in [-0.2, 0) is 13.2 Å². The summed E-state index contributed by atoms with van der Waals surface area (Å²) in [6.07, 6.45) is 0. The fraction of sp³-hybridized carbons (Fsp3) is 0.200. The van der Waals surface area contributed by atoms with Gasteiger partial charge >= 0.3 is 0 Å². The van der Waals surface area contributed by atoms with Crippen molar-refractivity contribution in [3.8, 4) is 0 Å². The summed E-state index contributed by atoms with van der Waals surface area (Å²) in [4.78, 5) is 0. The molecular weight excluding hydrogens is 246 g/mol. The van der Waals surface area contributed by atoms with Crippen molar-refractivity contribution < 1.29 is 5.11 Å². The summed E-state index contributed by atoms with van der Waals surface area (Å²) >= 11 is 6.08. The predicted molar refractivity (Wildman–Crippen MR) is 75.9 cm³/mol. The average molecular weight is 262 g/mol. The molecule has 94 valence electrons. The molecule has 0 atom stereocenters. The lowest BCUT2D eigenvalue weighted by molar-refractivity contribution is 0.282. The van der Waals surface area contributed by atoms with E-state index in [0.29, 0.717) is 0 Å². The highest BCUT2D eigenvalue weighted by molar-refractivity contribution is 6.31. The molecule has 0 aliphatic heterocycles. The van der Waals surface area contributed by atoms with Crippen molar-refractivity contribution in [1.29, 1.82) is 0 Å². The average Bonchev–Trinajstić information content (AvgIpc) is 2.40. The molecule has 0 saturated carbocycles. The molecule has 0 spiro atoms. The Morgan fingerprint density at radius 2 is 1.94 bits per heavy atom. The van der Waals surface area contributed by atoms with Crippen molar-refractivity contribution in [2.24, 2.45) is 0 Å². The zero-order valence-corrected chi connectivity index (χ0v) is 11.0. The minimum atomic E-state index is 0.0614. The van der Waals surface area contributed by atoms with E-state index in [1.807, 2.05) is 43.3 Å². The maximum atomic E-state index is 9.07. The summed E-state index contributed by atoms with van der Waals surface area (Å²) in [5.41, 5.74) is 4.13. The van der Waals surface area contributed by atoms with Gasteiger partial charge in [-0.3, -0.25) is 0 Å². The monoisotopic (exact) mass is 261 g/mol. The fourth-order valence-electron chi connectivity index (χ4n) is 1.73. The lowest BCUT2D eigenvalue weighted by Gasteiger charge is -2.09. The van der Waals surface area contributed by atoms with Crippen LogP contribution in [0.25, 0.3) is 0 Å². The van der Waals surface area contributed by atoms with Crippen LogP contribution in [0.1, 0.15) is 16.7 Å². The maximum Gasteiger partial charge on any atom is 0.0682 e. The summed E-state index contributed by atoms with van der Waals surface area (Å²) in [7, 11) is 0. The summed E-state index contributed by atoms with van der Waals surface area (Å²) in [6.45, 7) is 2.77. The molecule has 3 heteroatoms. The Hall–Kier alpha value is -1.51. The zero-order valence-electron chi connectivity index (χ0n) is 10.3. The first-order chi connectivity index (χ1) is 8.69. The second-order valence-electron chi connectivity index (χ2n) is 4.30. The lowest BCUT2D eigenvalue weighted by atomic mass is 10.1. The third kappa shape index (κ3) is 3.25. The van der Waals surface area contributed by atoms with Crippen LogP contribution in [0.2, 0.25) is 5.02 Å². The van der Waals surface area contributed by atoms with Gasteiger partial charge in [0.1, 0.15) is 0 Å². The van der Waals surface area contributed by atoms with Crippen LogP contribution in [0, 0.1) is 6.92 Å². The molecule has 0 heterocycles. The summed E-state index contributed by atoms with van der Waals surface area (Å²) in [5.74, 6) is 0. The van der Waals surface area contributed by atoms with Gasteiger partial charge in [0.25, 0.3) is 0 Å². The highest BCUT2D eigenvalue weighted by Crippen LogP contribution is 2.18. The van der Waals surface area contributed by atoms with Crippen LogP contribution in [0.15, 0.2) is 42.5 Å². The van der Waals surface area contributed by atoms with Crippen LogP contribution >= 0.6 is 11.6 Å². The van der Waals surface area contributed by atoms with E-state index in [4.69, 9.17) is 16.7 Å². The Kier molecular flexibility index (Phi) is 4.24. The Bertz CT molecular complexity index is 540. The summed E-state index contributed by atoms with van der Waals surface area (Å²) in [5, 5.41) is 13.2. The van der Waals surface area contributed by atoms with Gasteiger partial charge in [0.2, 0.25) is 0 Å². The molecular formula is C15H16ClNO. The molecule has 2 aromatic rings. The Balaban J connectivity index is 2.04. The smallest absolute Gasteiger partial charge is 0.0682 e. The van der Waals surface area contributed by atoms with Crippen LogP contribution in [0.3, 0.4) is 0 Å². The van der Waals surface area contributed by atoms with Crippen molar-refractivity contribution in [1.82, 2.24) is 0 Å². The van der Waals surface area contributed by atoms with E-state index >= 15 is 0 Å². The second kappa shape index (κ2) is 5.89. The van der Waals surface area contributed by atoms with Gasteiger partial charge in [-0.1, -0.05) is 35.9 Å². The number of benzene rings is 2. The van der Waals surface area contributed by atoms with E-state index in [1.165, 1.54) is 0 Å². The number of aliphatic hydroxyl groups is 1. The van der Waals surface area contributed by atoms with Crippen molar-refractivity contribution in [3.63, 3.8) is 0 Å². The van der Waals surface area contributed by atoms with E-state index in [1.54, 1.807) is 0 Å². The van der Waals surface area contributed by atoms with Crippen LogP contribution in [0.4, 0.5) is 5.69 Å². The SMILES string of the molecule is Cc1ccc(CNc2cccc(CO)c2)cc1Cl. The molecule has 0 aliphatic carbocycles. The van der Waals surface area contributed by atoms with Crippen LogP contribution < -0.4 is 5.32 Å². The highest BCUT2D eigenvalue weighted by atomic mass is 35.5. The Morgan fingerprint density at radius 1 is 1.11 bits per heavy atom. The third-order valence-electron chi connectivity index (χ3n) is 2.84. The summed E-state index contributed by atoms with van der Waals surface area (Å²) < 4.78 is 0. The van der Waals surface area contributed by atoms with E-state index in [0.717, 1.165) is 33.9 Å². The number of anilines is 1. The van der Waals surface area contributed by atoms with Gasteiger partial charge in [-0.15, -0.1) is 0 Å². The first-order valence-electron chi connectivity index (χ1n) is 5.88. The number of aliphatic hydroxyl groups excluding tert-OH is 1. The van der Waals surface area contributed by atoms with E-state index in [9.17, 15) is 0 Å². The number of aryl methyl sites for hydroxylation is 1. The third-order valence-corrected chi connectivity index (χ3v) is 3.25. The molecule has 0 fully saturated rings. The van der Waals surface area contributed by atoms with Crippen molar-refractivity contribution in [2.75, 3.05) is 5.32 Å². The molecule has 2 N–H and O–H groups in total. The summed E-state index contributed by atoms with van der Waals surface area (Å²) in [6, 6.07) is 13.8. The molecule has 0 radical (unpaired) electrons. The number of rotatable bonds is 4. The molecule has 0 bridgehead atoms. The molecule has 0 unspecified atom stereocenters. The molecule has 0 aliphatic rings. The van der Waals surface area contributed by atoms with E-state index in [-0.39, 0.29) is 6.61 Å². The number of halogens is 1. The normalized spacial score (nSPS) is 10.4. The van der Waals surface area contributed by atoms with Gasteiger partial charge in [0, 0.05) is 17.3 Å². The molecule has 18 heavy (non-hydrogen) atoms. The van der Waals surface area contributed by atoms with Crippen molar-refractivity contribution >= 4 is 17.3 Å². The Labute approximate surface area is 112 Å². The first kappa shape index (κ1) is 12.9. The van der Waals surface area contributed by atoms with Crippen LogP contribution in [-0.4, -0.2) is 5.11 Å². The van der Waals surface area contributed by atoms with Gasteiger partial charge in [-0.05, 0) is 41.8 Å². The largest absolute Gasteiger partial charge is 0.392 e. The molecule has 2 rings (SSSR count). The topological polar surface area (TPSA) is 32.3 Å². The molecule has 2 nitrogen and oxygen atoms in total. The molecule has 0 saturated heterocycles. The minimum Gasteiger partial charge on any atom is -0.392 e. The zero-order chi connectivity index (χ0) is 13.0. The first-order valence-corrected chi connectivity index (χ1v) is 6.25. The number of hydrogen-bond acceptors (Lipinski definition) is 2. The molecule has 0 aromatic heterocycles. The number of nitrogens with one attached hydrogen (secondary N) is 1. The quantitative estimate of drug-likeness (QED) is 0.879. The van der Waals surface area contributed by atoms with Gasteiger partial charge in [0.15, 0.2) is 0 Å². The van der Waals surface area contributed by atoms with Gasteiger partial charge in [0.05, 0.1) is 6.61 Å². The van der Waals surface area contributed by atoms with Crippen LogP contribution in [0.5, 0.6) is 0 Å². The second-order valence-corrected chi connectivity index (χ2v) is 4.70.